The molecule has 1 aromatic rings. The van der Waals surface area contributed by atoms with E-state index in [9.17, 15) is 14.9 Å². The van der Waals surface area contributed by atoms with E-state index in [-0.39, 0.29) is 11.6 Å². The first-order valence-electron chi connectivity index (χ1n) is 5.65. The Balaban J connectivity index is 2.60. The maximum atomic E-state index is 11.5. The van der Waals surface area contributed by atoms with Crippen molar-refractivity contribution in [3.63, 3.8) is 0 Å². The van der Waals surface area contributed by atoms with Crippen LogP contribution in [0.3, 0.4) is 0 Å². The summed E-state index contributed by atoms with van der Waals surface area (Å²) in [5.74, 6) is 0.442. The molecular weight excluding hydrogens is 256 g/mol. The van der Waals surface area contributed by atoms with Crippen molar-refractivity contribution in [2.45, 2.75) is 26.2 Å². The SMILES string of the molecule is Cc1cc(NC(=O)CCCCCl)ccc1[N+](=O)[O-]. The number of nitro benzene ring substituents is 1. The molecule has 0 saturated heterocycles. The zero-order valence-electron chi connectivity index (χ0n) is 10.1. The van der Waals surface area contributed by atoms with Gasteiger partial charge in [0, 0.05) is 29.6 Å². The number of anilines is 1. The number of alkyl halides is 1. The lowest BCUT2D eigenvalue weighted by atomic mass is 10.1. The highest BCUT2D eigenvalue weighted by Gasteiger charge is 2.11. The lowest BCUT2D eigenvalue weighted by molar-refractivity contribution is -0.385. The summed E-state index contributed by atoms with van der Waals surface area (Å²) in [4.78, 5) is 21.7. The Bertz CT molecular complexity index is 449. The number of nitro groups is 1. The van der Waals surface area contributed by atoms with Crippen LogP contribution < -0.4 is 5.32 Å². The van der Waals surface area contributed by atoms with Gasteiger partial charge in [-0.25, -0.2) is 0 Å². The number of aryl methyl sites for hydroxylation is 1. The summed E-state index contributed by atoms with van der Waals surface area (Å²) in [6, 6.07) is 4.52. The van der Waals surface area contributed by atoms with E-state index in [0.717, 1.165) is 12.8 Å². The normalized spacial score (nSPS) is 10.1. The van der Waals surface area contributed by atoms with Gasteiger partial charge in [0.2, 0.25) is 5.91 Å². The van der Waals surface area contributed by atoms with Gasteiger partial charge in [0.15, 0.2) is 0 Å². The fourth-order valence-electron chi connectivity index (χ4n) is 1.54. The maximum absolute atomic E-state index is 11.5. The van der Waals surface area contributed by atoms with Crippen LogP contribution in [0.25, 0.3) is 0 Å². The highest BCUT2D eigenvalue weighted by molar-refractivity contribution is 6.17. The molecule has 6 heteroatoms. The lowest BCUT2D eigenvalue weighted by Crippen LogP contribution is -2.11. The summed E-state index contributed by atoms with van der Waals surface area (Å²) in [6.45, 7) is 1.64. The molecule has 0 spiro atoms. The molecule has 0 unspecified atom stereocenters. The van der Waals surface area contributed by atoms with Crippen molar-refractivity contribution in [1.29, 1.82) is 0 Å². The average Bonchev–Trinajstić information content (AvgIpc) is 2.28. The van der Waals surface area contributed by atoms with Gasteiger partial charge < -0.3 is 5.32 Å². The van der Waals surface area contributed by atoms with Crippen LogP contribution in [0.2, 0.25) is 0 Å². The molecule has 0 saturated carbocycles. The number of hydrogen-bond donors (Lipinski definition) is 1. The van der Waals surface area contributed by atoms with Crippen LogP contribution in [0.1, 0.15) is 24.8 Å². The Labute approximate surface area is 110 Å². The summed E-state index contributed by atoms with van der Waals surface area (Å²) < 4.78 is 0. The van der Waals surface area contributed by atoms with E-state index in [4.69, 9.17) is 11.6 Å². The first kappa shape index (κ1) is 14.4. The standard InChI is InChI=1S/C12H15ClN2O3/c1-9-8-10(5-6-11(9)15(17)18)14-12(16)4-2-3-7-13/h5-6,8H,2-4,7H2,1H3,(H,14,16). The molecule has 1 N–H and O–H groups in total. The average molecular weight is 271 g/mol. The molecule has 0 aliphatic rings. The van der Waals surface area contributed by atoms with Crippen molar-refractivity contribution in [2.75, 3.05) is 11.2 Å². The van der Waals surface area contributed by atoms with Gasteiger partial charge in [-0.3, -0.25) is 14.9 Å². The molecule has 0 aliphatic heterocycles. The van der Waals surface area contributed by atoms with E-state index >= 15 is 0 Å². The Morgan fingerprint density at radius 2 is 2.17 bits per heavy atom. The third kappa shape index (κ3) is 4.33. The van der Waals surface area contributed by atoms with Gasteiger partial charge in [-0.15, -0.1) is 11.6 Å². The predicted octanol–water partition coefficient (Wildman–Crippen LogP) is 3.25. The molecule has 0 heterocycles. The number of hydrogen-bond acceptors (Lipinski definition) is 3. The van der Waals surface area contributed by atoms with Gasteiger partial charge in [0.1, 0.15) is 0 Å². The van der Waals surface area contributed by atoms with Crippen LogP contribution in [0, 0.1) is 17.0 Å². The number of nitrogens with one attached hydrogen (secondary N) is 1. The second kappa shape index (κ2) is 6.96. The Kier molecular flexibility index (Phi) is 5.58. The first-order valence-corrected chi connectivity index (χ1v) is 6.19. The van der Waals surface area contributed by atoms with Gasteiger partial charge in [0.25, 0.3) is 5.69 Å². The highest BCUT2D eigenvalue weighted by atomic mass is 35.5. The number of nitrogens with zero attached hydrogens (tertiary/aromatic N) is 1. The minimum absolute atomic E-state index is 0.0511. The van der Waals surface area contributed by atoms with Crippen molar-refractivity contribution >= 4 is 28.9 Å². The minimum Gasteiger partial charge on any atom is -0.326 e. The summed E-state index contributed by atoms with van der Waals surface area (Å²) in [7, 11) is 0. The number of unbranched alkanes of at least 4 members (excludes halogenated alkanes) is 1. The molecule has 5 nitrogen and oxygen atoms in total. The largest absolute Gasteiger partial charge is 0.326 e. The summed E-state index contributed by atoms with van der Waals surface area (Å²) in [5.41, 5.74) is 1.16. The van der Waals surface area contributed by atoms with E-state index in [1.165, 1.54) is 12.1 Å². The van der Waals surface area contributed by atoms with E-state index in [2.05, 4.69) is 5.32 Å². The molecule has 1 aromatic carbocycles. The summed E-state index contributed by atoms with van der Waals surface area (Å²) >= 11 is 5.52. The zero-order chi connectivity index (χ0) is 13.5. The molecule has 0 atom stereocenters. The highest BCUT2D eigenvalue weighted by Crippen LogP contribution is 2.21. The molecule has 98 valence electrons. The summed E-state index contributed by atoms with van der Waals surface area (Å²) in [6.07, 6.45) is 1.94. The van der Waals surface area contributed by atoms with E-state index < -0.39 is 4.92 Å². The predicted molar refractivity (Wildman–Crippen MR) is 71.0 cm³/mol. The number of rotatable bonds is 6. The fraction of sp³-hybridized carbons (Fsp3) is 0.417. The topological polar surface area (TPSA) is 72.2 Å². The van der Waals surface area contributed by atoms with Crippen LogP contribution in [-0.4, -0.2) is 16.7 Å². The van der Waals surface area contributed by atoms with Gasteiger partial charge in [0.05, 0.1) is 4.92 Å². The molecular formula is C12H15ClN2O3. The Hall–Kier alpha value is -1.62. The number of benzene rings is 1. The van der Waals surface area contributed by atoms with Gasteiger partial charge >= 0.3 is 0 Å². The van der Waals surface area contributed by atoms with Crippen LogP contribution in [0.4, 0.5) is 11.4 Å². The molecule has 1 amide bonds. The number of halogens is 1. The van der Waals surface area contributed by atoms with Gasteiger partial charge in [-0.05, 0) is 31.9 Å². The maximum Gasteiger partial charge on any atom is 0.272 e. The van der Waals surface area contributed by atoms with Crippen LogP contribution in [0.5, 0.6) is 0 Å². The third-order valence-corrected chi connectivity index (χ3v) is 2.73. The van der Waals surface area contributed by atoms with Crippen molar-refractivity contribution in [3.8, 4) is 0 Å². The number of carbonyl (C=O) groups is 1. The van der Waals surface area contributed by atoms with Crippen molar-refractivity contribution in [2.24, 2.45) is 0 Å². The fourth-order valence-corrected chi connectivity index (χ4v) is 1.73. The first-order chi connectivity index (χ1) is 8.54. The van der Waals surface area contributed by atoms with Crippen LogP contribution in [0.15, 0.2) is 18.2 Å². The molecule has 0 radical (unpaired) electrons. The van der Waals surface area contributed by atoms with E-state index in [1.54, 1.807) is 13.0 Å². The number of carbonyl (C=O) groups excluding carboxylic acids is 1. The lowest BCUT2D eigenvalue weighted by Gasteiger charge is -2.06. The van der Waals surface area contributed by atoms with Crippen molar-refractivity contribution in [1.82, 2.24) is 0 Å². The number of amides is 1. The zero-order valence-corrected chi connectivity index (χ0v) is 10.9. The van der Waals surface area contributed by atoms with Gasteiger partial charge in [-0.1, -0.05) is 0 Å². The van der Waals surface area contributed by atoms with Crippen molar-refractivity contribution < 1.29 is 9.72 Å². The smallest absolute Gasteiger partial charge is 0.272 e. The monoisotopic (exact) mass is 270 g/mol. The van der Waals surface area contributed by atoms with Crippen LogP contribution >= 0.6 is 11.6 Å². The third-order valence-electron chi connectivity index (χ3n) is 2.46. The molecule has 18 heavy (non-hydrogen) atoms. The van der Waals surface area contributed by atoms with Crippen molar-refractivity contribution in [3.05, 3.63) is 33.9 Å². The molecule has 0 bridgehead atoms. The molecule has 0 aromatic heterocycles. The minimum atomic E-state index is -0.443. The van der Waals surface area contributed by atoms with Gasteiger partial charge in [-0.2, -0.15) is 0 Å². The Morgan fingerprint density at radius 1 is 1.44 bits per heavy atom. The second-order valence-corrected chi connectivity index (χ2v) is 4.33. The van der Waals surface area contributed by atoms with E-state index in [0.29, 0.717) is 23.6 Å². The second-order valence-electron chi connectivity index (χ2n) is 3.95. The Morgan fingerprint density at radius 3 is 2.72 bits per heavy atom. The quantitative estimate of drug-likeness (QED) is 0.373. The van der Waals surface area contributed by atoms with E-state index in [1.807, 2.05) is 0 Å². The molecule has 1 rings (SSSR count). The van der Waals surface area contributed by atoms with Crippen LogP contribution in [-0.2, 0) is 4.79 Å². The molecule has 0 aliphatic carbocycles. The molecule has 0 fully saturated rings. The summed E-state index contributed by atoms with van der Waals surface area (Å²) in [5, 5.41) is 13.3.